The third-order valence-electron chi connectivity index (χ3n) is 4.81. The van der Waals surface area contributed by atoms with Crippen molar-refractivity contribution in [3.8, 4) is 5.75 Å². The zero-order valence-corrected chi connectivity index (χ0v) is 14.9. The van der Waals surface area contributed by atoms with Crippen molar-refractivity contribution in [2.24, 2.45) is 0 Å². The molecule has 2 aliphatic rings. The van der Waals surface area contributed by atoms with Crippen LogP contribution in [0.4, 0.5) is 4.79 Å². The number of benzene rings is 1. The quantitative estimate of drug-likeness (QED) is 0.708. The fraction of sp³-hybridized carbons (Fsp3) is 0.526. The molecule has 1 N–H and O–H groups in total. The third kappa shape index (κ3) is 4.04. The van der Waals surface area contributed by atoms with Crippen molar-refractivity contribution in [1.29, 1.82) is 0 Å². The Hall–Kier alpha value is -2.41. The minimum absolute atomic E-state index is 0.00544. The minimum Gasteiger partial charge on any atom is -0.491 e. The van der Waals surface area contributed by atoms with E-state index in [2.05, 4.69) is 0 Å². The van der Waals surface area contributed by atoms with Gasteiger partial charge in [0.05, 0.1) is 6.54 Å². The highest BCUT2D eigenvalue weighted by atomic mass is 16.5. The summed E-state index contributed by atoms with van der Waals surface area (Å²) in [5, 5.41) is 10.1. The Labute approximate surface area is 152 Å². The molecular weight excluding hydrogens is 336 g/mol. The Kier molecular flexibility index (Phi) is 5.56. The molecule has 0 saturated carbocycles. The molecule has 2 atom stereocenters. The molecule has 1 aromatic rings. The molecule has 1 aromatic carbocycles. The van der Waals surface area contributed by atoms with Crippen molar-refractivity contribution >= 4 is 17.7 Å². The van der Waals surface area contributed by atoms with E-state index in [1.54, 1.807) is 24.0 Å². The second kappa shape index (κ2) is 7.86. The summed E-state index contributed by atoms with van der Waals surface area (Å²) in [6.45, 7) is 2.11. The number of nitrogens with zero attached hydrogens (tertiary/aromatic N) is 2. The first kappa shape index (κ1) is 18.4. The lowest BCUT2D eigenvalue weighted by molar-refractivity contribution is -0.129. The summed E-state index contributed by atoms with van der Waals surface area (Å²) in [6, 6.07) is 6.67. The van der Waals surface area contributed by atoms with E-state index in [0.717, 1.165) is 16.9 Å². The molecule has 0 aromatic heterocycles. The predicted molar refractivity (Wildman–Crippen MR) is 93.8 cm³/mol. The summed E-state index contributed by atoms with van der Waals surface area (Å²) < 4.78 is 5.54. The Morgan fingerprint density at radius 3 is 2.69 bits per heavy atom. The van der Waals surface area contributed by atoms with Gasteiger partial charge in [-0.15, -0.1) is 0 Å². The fourth-order valence-electron chi connectivity index (χ4n) is 3.38. The van der Waals surface area contributed by atoms with Gasteiger partial charge in [0, 0.05) is 13.0 Å². The van der Waals surface area contributed by atoms with Crippen LogP contribution < -0.4 is 4.74 Å². The molecule has 140 valence electrons. The van der Waals surface area contributed by atoms with Gasteiger partial charge in [0.15, 0.2) is 0 Å². The second-order valence-electron chi connectivity index (χ2n) is 6.89. The summed E-state index contributed by atoms with van der Waals surface area (Å²) in [4.78, 5) is 38.2. The number of carbonyl (C=O) groups excluding carboxylic acids is 3. The van der Waals surface area contributed by atoms with Gasteiger partial charge in [-0.05, 0) is 43.9 Å². The zero-order valence-electron chi connectivity index (χ0n) is 14.9. The number of aryl methyl sites for hydroxylation is 1. The largest absolute Gasteiger partial charge is 0.491 e. The molecule has 2 fully saturated rings. The van der Waals surface area contributed by atoms with E-state index >= 15 is 0 Å². The number of hydrogen-bond donors (Lipinski definition) is 1. The summed E-state index contributed by atoms with van der Waals surface area (Å²) >= 11 is 0. The number of aliphatic hydroxyl groups excluding tert-OH is 1. The Morgan fingerprint density at radius 2 is 2.04 bits per heavy atom. The van der Waals surface area contributed by atoms with Crippen LogP contribution in [0.5, 0.6) is 5.75 Å². The van der Waals surface area contributed by atoms with Crippen LogP contribution in [0.1, 0.15) is 31.7 Å². The number of ketones is 1. The standard InChI is InChI=1S/C19H24N2O5/c1-13(22)4-5-14-6-8-16(9-7-14)26-12-15(23)11-21-18(24)17-3-2-10-20(17)19(21)25/h6-9,15,17,23H,2-5,10-12H2,1H3/t15-,17-/m1/s1. The highest BCUT2D eigenvalue weighted by Crippen LogP contribution is 2.27. The number of ether oxygens (including phenoxy) is 1. The maximum Gasteiger partial charge on any atom is 0.327 e. The van der Waals surface area contributed by atoms with Crippen molar-refractivity contribution in [3.05, 3.63) is 29.8 Å². The zero-order chi connectivity index (χ0) is 18.7. The molecule has 2 saturated heterocycles. The lowest BCUT2D eigenvalue weighted by atomic mass is 10.1. The fourth-order valence-corrected chi connectivity index (χ4v) is 3.38. The molecule has 3 rings (SSSR count). The van der Waals surface area contributed by atoms with Crippen molar-refractivity contribution in [2.45, 2.75) is 44.8 Å². The van der Waals surface area contributed by atoms with E-state index in [4.69, 9.17) is 4.74 Å². The van der Waals surface area contributed by atoms with Crippen LogP contribution in [0, 0.1) is 0 Å². The van der Waals surface area contributed by atoms with Gasteiger partial charge in [0.2, 0.25) is 0 Å². The van der Waals surface area contributed by atoms with Crippen LogP contribution in [-0.2, 0) is 16.0 Å². The number of amides is 3. The summed E-state index contributed by atoms with van der Waals surface area (Å²) in [7, 11) is 0. The smallest absolute Gasteiger partial charge is 0.327 e. The van der Waals surface area contributed by atoms with Crippen LogP contribution in [0.15, 0.2) is 24.3 Å². The van der Waals surface area contributed by atoms with Gasteiger partial charge in [-0.3, -0.25) is 9.69 Å². The van der Waals surface area contributed by atoms with Crippen molar-refractivity contribution < 1.29 is 24.2 Å². The van der Waals surface area contributed by atoms with Crippen molar-refractivity contribution in [1.82, 2.24) is 9.80 Å². The summed E-state index contributed by atoms with van der Waals surface area (Å²) in [6.07, 6.45) is 1.80. The van der Waals surface area contributed by atoms with E-state index in [9.17, 15) is 19.5 Å². The topological polar surface area (TPSA) is 87.2 Å². The molecule has 26 heavy (non-hydrogen) atoms. The number of hydrogen-bond acceptors (Lipinski definition) is 5. The first-order chi connectivity index (χ1) is 12.5. The van der Waals surface area contributed by atoms with Gasteiger partial charge >= 0.3 is 6.03 Å². The number of fused-ring (bicyclic) bond motifs is 1. The molecule has 2 aliphatic heterocycles. The van der Waals surface area contributed by atoms with Gasteiger partial charge < -0.3 is 19.5 Å². The van der Waals surface area contributed by atoms with E-state index in [0.29, 0.717) is 31.6 Å². The number of β-amino-alcohol motifs (C(OH)–C–C–N with tert-alkyl or cyclic N) is 1. The SMILES string of the molecule is CC(=O)CCc1ccc(OC[C@H](O)CN2C(=O)[C@H]3CCCN3C2=O)cc1. The summed E-state index contributed by atoms with van der Waals surface area (Å²) in [5.41, 5.74) is 1.04. The molecule has 0 bridgehead atoms. The van der Waals surface area contributed by atoms with Crippen LogP contribution >= 0.6 is 0 Å². The molecule has 7 nitrogen and oxygen atoms in total. The van der Waals surface area contributed by atoms with E-state index < -0.39 is 6.10 Å². The lowest BCUT2D eigenvalue weighted by Gasteiger charge is -2.19. The number of Topliss-reactive ketones (excluding diaryl/α,β-unsaturated/α-hetero) is 1. The van der Waals surface area contributed by atoms with E-state index in [-0.39, 0.29) is 36.9 Å². The molecule has 2 heterocycles. The molecule has 0 aliphatic carbocycles. The normalized spacial score (nSPS) is 20.5. The van der Waals surface area contributed by atoms with Crippen LogP contribution in [-0.4, -0.2) is 64.5 Å². The van der Waals surface area contributed by atoms with Crippen LogP contribution in [0.2, 0.25) is 0 Å². The summed E-state index contributed by atoms with van der Waals surface area (Å²) in [5.74, 6) is 0.525. The first-order valence-electron chi connectivity index (χ1n) is 8.97. The number of rotatable bonds is 8. The van der Waals surface area contributed by atoms with Crippen molar-refractivity contribution in [3.63, 3.8) is 0 Å². The van der Waals surface area contributed by atoms with Crippen molar-refractivity contribution in [2.75, 3.05) is 19.7 Å². The average Bonchev–Trinajstić information content (AvgIpc) is 3.19. The maximum absolute atomic E-state index is 12.2. The van der Waals surface area contributed by atoms with Gasteiger partial charge in [-0.2, -0.15) is 0 Å². The Balaban J connectivity index is 1.47. The molecule has 0 unspecified atom stereocenters. The Morgan fingerprint density at radius 1 is 1.31 bits per heavy atom. The second-order valence-corrected chi connectivity index (χ2v) is 6.89. The lowest BCUT2D eigenvalue weighted by Crippen LogP contribution is -2.41. The van der Waals surface area contributed by atoms with Gasteiger partial charge in [0.1, 0.15) is 30.3 Å². The molecule has 0 spiro atoms. The van der Waals surface area contributed by atoms with Gasteiger partial charge in [-0.1, -0.05) is 12.1 Å². The van der Waals surface area contributed by atoms with E-state index in [1.807, 2.05) is 12.1 Å². The molecule has 0 radical (unpaired) electrons. The molecule has 3 amide bonds. The monoisotopic (exact) mass is 360 g/mol. The van der Waals surface area contributed by atoms with Crippen LogP contribution in [0.3, 0.4) is 0 Å². The highest BCUT2D eigenvalue weighted by molar-refractivity contribution is 6.04. The number of imide groups is 1. The average molecular weight is 360 g/mol. The van der Waals surface area contributed by atoms with E-state index in [1.165, 1.54) is 0 Å². The number of urea groups is 1. The van der Waals surface area contributed by atoms with Crippen LogP contribution in [0.25, 0.3) is 0 Å². The Bertz CT molecular complexity index is 666. The molecule has 7 heteroatoms. The third-order valence-corrected chi connectivity index (χ3v) is 4.81. The first-order valence-corrected chi connectivity index (χ1v) is 8.97. The minimum atomic E-state index is -0.944. The van der Waals surface area contributed by atoms with Gasteiger partial charge in [0.25, 0.3) is 5.91 Å². The molecular formula is C19H24N2O5. The maximum atomic E-state index is 12.2. The highest BCUT2D eigenvalue weighted by Gasteiger charge is 2.47. The van der Waals surface area contributed by atoms with Gasteiger partial charge in [-0.25, -0.2) is 4.79 Å². The predicted octanol–water partition coefficient (Wildman–Crippen LogP) is 1.37. The number of carbonyl (C=O) groups is 3. The number of aliphatic hydroxyl groups is 1.